The average Bonchev–Trinajstić information content (AvgIpc) is 3.47. The number of halogens is 1. The number of hydrogen-bond donors (Lipinski definition) is 1. The summed E-state index contributed by atoms with van der Waals surface area (Å²) in [6.45, 7) is 0.973. The first-order valence-electron chi connectivity index (χ1n) is 8.68. The molecule has 0 atom stereocenters. The van der Waals surface area contributed by atoms with Crippen LogP contribution in [0, 0.1) is 5.41 Å². The number of carbonyl (C=O) groups excluding carboxylic acids is 2. The quantitative estimate of drug-likeness (QED) is 0.761. The van der Waals surface area contributed by atoms with Gasteiger partial charge in [0.15, 0.2) is 0 Å². The van der Waals surface area contributed by atoms with E-state index in [-0.39, 0.29) is 11.8 Å². The van der Waals surface area contributed by atoms with Gasteiger partial charge in [-0.15, -0.1) is 0 Å². The van der Waals surface area contributed by atoms with Gasteiger partial charge >= 0.3 is 0 Å². The number of nitrogens with one attached hydrogen (secondary N) is 1. The van der Waals surface area contributed by atoms with E-state index in [4.69, 9.17) is 11.6 Å². The summed E-state index contributed by atoms with van der Waals surface area (Å²) in [6, 6.07) is 11.2. The molecule has 1 aliphatic rings. The van der Waals surface area contributed by atoms with Crippen LogP contribution in [0.5, 0.6) is 0 Å². The molecule has 0 radical (unpaired) electrons. The summed E-state index contributed by atoms with van der Waals surface area (Å²) in [5, 5.41) is 3.55. The second-order valence-corrected chi connectivity index (χ2v) is 7.16. The highest BCUT2D eigenvalue weighted by Crippen LogP contribution is 2.47. The number of nitrogens with zero attached hydrogens (tertiary/aromatic N) is 2. The van der Waals surface area contributed by atoms with E-state index in [1.165, 1.54) is 0 Å². The topological polar surface area (TPSA) is 62.3 Å². The van der Waals surface area contributed by atoms with E-state index in [0.29, 0.717) is 31.0 Å². The lowest BCUT2D eigenvalue weighted by Crippen LogP contribution is -2.44. The molecule has 1 aliphatic carbocycles. The summed E-state index contributed by atoms with van der Waals surface area (Å²) in [6.07, 6.45) is 5.44. The van der Waals surface area contributed by atoms with Gasteiger partial charge in [-0.05, 0) is 54.7 Å². The number of hydrogen-bond acceptors (Lipinski definition) is 3. The molecule has 0 bridgehead atoms. The molecule has 1 aromatic heterocycles. The van der Waals surface area contributed by atoms with E-state index in [2.05, 4.69) is 10.3 Å². The minimum absolute atomic E-state index is 0.0971. The highest BCUT2D eigenvalue weighted by molar-refractivity contribution is 6.30. The van der Waals surface area contributed by atoms with Crippen molar-refractivity contribution in [2.75, 3.05) is 13.6 Å². The normalized spacial score (nSPS) is 14.5. The fraction of sp³-hybridized carbons (Fsp3) is 0.350. The highest BCUT2D eigenvalue weighted by atomic mass is 35.5. The second kappa shape index (κ2) is 7.87. The van der Waals surface area contributed by atoms with Crippen molar-refractivity contribution in [1.82, 2.24) is 15.2 Å². The number of aromatic nitrogens is 1. The third-order valence-corrected chi connectivity index (χ3v) is 5.04. The van der Waals surface area contributed by atoms with Crippen molar-refractivity contribution in [3.05, 3.63) is 64.9 Å². The Morgan fingerprint density at radius 2 is 1.77 bits per heavy atom. The Labute approximate surface area is 158 Å². The summed E-state index contributed by atoms with van der Waals surface area (Å²) >= 11 is 5.87. The summed E-state index contributed by atoms with van der Waals surface area (Å²) in [5.74, 6) is -0.284. The highest BCUT2D eigenvalue weighted by Gasteiger charge is 2.57. The minimum atomic E-state index is -0.889. The Hall–Kier alpha value is -2.40. The smallest absolute Gasteiger partial charge is 0.238 e. The molecular weight excluding hydrogens is 350 g/mol. The van der Waals surface area contributed by atoms with Crippen LogP contribution in [0.3, 0.4) is 0 Å². The van der Waals surface area contributed by atoms with Gasteiger partial charge in [-0.2, -0.15) is 0 Å². The zero-order valence-corrected chi connectivity index (χ0v) is 15.5. The summed E-state index contributed by atoms with van der Waals surface area (Å²) in [7, 11) is 1.76. The van der Waals surface area contributed by atoms with E-state index < -0.39 is 5.41 Å². The van der Waals surface area contributed by atoms with Crippen LogP contribution in [0.1, 0.15) is 24.0 Å². The standard InChI is InChI=1S/C20H22ClN3O2/c1-24(13-8-15-6-11-22-12-7-15)19(26)20(9-10-20)18(25)23-14-16-2-4-17(21)5-3-16/h2-7,11-12H,8-10,13-14H2,1H3,(H,23,25). The van der Waals surface area contributed by atoms with Crippen molar-refractivity contribution in [2.24, 2.45) is 5.41 Å². The third kappa shape index (κ3) is 4.22. The maximum absolute atomic E-state index is 12.8. The number of rotatable bonds is 7. The number of pyridine rings is 1. The monoisotopic (exact) mass is 371 g/mol. The molecule has 0 saturated heterocycles. The first kappa shape index (κ1) is 18.4. The Morgan fingerprint density at radius 1 is 1.12 bits per heavy atom. The molecule has 2 amide bonds. The molecule has 5 nitrogen and oxygen atoms in total. The lowest BCUT2D eigenvalue weighted by Gasteiger charge is -2.23. The second-order valence-electron chi connectivity index (χ2n) is 6.72. The van der Waals surface area contributed by atoms with Gasteiger partial charge in [-0.25, -0.2) is 0 Å². The van der Waals surface area contributed by atoms with Crippen molar-refractivity contribution in [3.63, 3.8) is 0 Å². The van der Waals surface area contributed by atoms with Crippen LogP contribution >= 0.6 is 11.6 Å². The molecule has 0 unspecified atom stereocenters. The first-order valence-corrected chi connectivity index (χ1v) is 9.06. The van der Waals surface area contributed by atoms with Crippen molar-refractivity contribution in [1.29, 1.82) is 0 Å². The van der Waals surface area contributed by atoms with Gasteiger partial charge in [0, 0.05) is 37.6 Å². The molecular formula is C20H22ClN3O2. The Kier molecular flexibility index (Phi) is 5.57. The molecule has 0 aliphatic heterocycles. The molecule has 1 fully saturated rings. The lowest BCUT2D eigenvalue weighted by molar-refractivity contribution is -0.143. The molecule has 3 rings (SSSR count). The van der Waals surface area contributed by atoms with Crippen LogP contribution in [0.2, 0.25) is 5.02 Å². The Balaban J connectivity index is 1.53. The van der Waals surface area contributed by atoms with Crippen molar-refractivity contribution in [2.45, 2.75) is 25.8 Å². The fourth-order valence-corrected chi connectivity index (χ4v) is 3.06. The van der Waals surface area contributed by atoms with Gasteiger partial charge in [0.25, 0.3) is 0 Å². The van der Waals surface area contributed by atoms with E-state index in [0.717, 1.165) is 17.5 Å². The van der Waals surface area contributed by atoms with Crippen LogP contribution in [-0.4, -0.2) is 35.3 Å². The van der Waals surface area contributed by atoms with Gasteiger partial charge in [0.05, 0.1) is 0 Å². The van der Waals surface area contributed by atoms with Gasteiger partial charge in [0.2, 0.25) is 11.8 Å². The van der Waals surface area contributed by atoms with Gasteiger partial charge in [0.1, 0.15) is 5.41 Å². The van der Waals surface area contributed by atoms with Crippen LogP contribution in [0.4, 0.5) is 0 Å². The molecule has 6 heteroatoms. The van der Waals surface area contributed by atoms with Crippen LogP contribution in [0.15, 0.2) is 48.8 Å². The van der Waals surface area contributed by atoms with Crippen molar-refractivity contribution < 1.29 is 9.59 Å². The number of carbonyl (C=O) groups is 2. The average molecular weight is 372 g/mol. The summed E-state index contributed by atoms with van der Waals surface area (Å²) < 4.78 is 0. The Morgan fingerprint density at radius 3 is 2.38 bits per heavy atom. The Bertz CT molecular complexity index is 773. The van der Waals surface area contributed by atoms with Crippen LogP contribution < -0.4 is 5.32 Å². The third-order valence-electron chi connectivity index (χ3n) is 4.79. The number of amides is 2. The van der Waals surface area contributed by atoms with Crippen LogP contribution in [0.25, 0.3) is 0 Å². The van der Waals surface area contributed by atoms with Gasteiger partial charge in [-0.3, -0.25) is 14.6 Å². The summed E-state index contributed by atoms with van der Waals surface area (Å²) in [4.78, 5) is 31.0. The van der Waals surface area contributed by atoms with E-state index in [9.17, 15) is 9.59 Å². The molecule has 2 aromatic rings. The van der Waals surface area contributed by atoms with E-state index in [1.807, 2.05) is 24.3 Å². The molecule has 1 heterocycles. The van der Waals surface area contributed by atoms with Crippen molar-refractivity contribution in [3.8, 4) is 0 Å². The van der Waals surface area contributed by atoms with Crippen molar-refractivity contribution >= 4 is 23.4 Å². The number of likely N-dealkylation sites (N-methyl/N-ethyl adjacent to an activating group) is 1. The zero-order chi connectivity index (χ0) is 18.6. The van der Waals surface area contributed by atoms with Crippen LogP contribution in [-0.2, 0) is 22.6 Å². The predicted molar refractivity (Wildman–Crippen MR) is 101 cm³/mol. The van der Waals surface area contributed by atoms with E-state index in [1.54, 1.807) is 36.5 Å². The molecule has 1 saturated carbocycles. The molecule has 1 aromatic carbocycles. The summed E-state index contributed by atoms with van der Waals surface area (Å²) in [5.41, 5.74) is 1.19. The first-order chi connectivity index (χ1) is 12.5. The zero-order valence-electron chi connectivity index (χ0n) is 14.7. The lowest BCUT2D eigenvalue weighted by atomic mass is 10.0. The molecule has 26 heavy (non-hydrogen) atoms. The number of benzene rings is 1. The van der Waals surface area contributed by atoms with Gasteiger partial charge < -0.3 is 10.2 Å². The minimum Gasteiger partial charge on any atom is -0.351 e. The predicted octanol–water partition coefficient (Wildman–Crippen LogP) is 2.83. The molecule has 0 spiro atoms. The maximum atomic E-state index is 12.8. The molecule has 1 N–H and O–H groups in total. The maximum Gasteiger partial charge on any atom is 0.238 e. The SMILES string of the molecule is CN(CCc1ccncc1)C(=O)C1(C(=O)NCc2ccc(Cl)cc2)CC1. The van der Waals surface area contributed by atoms with E-state index >= 15 is 0 Å². The largest absolute Gasteiger partial charge is 0.351 e. The van der Waals surface area contributed by atoms with Gasteiger partial charge in [-0.1, -0.05) is 23.7 Å². The molecule has 136 valence electrons. The fourth-order valence-electron chi connectivity index (χ4n) is 2.93.